The molecule has 0 atom stereocenters. The van der Waals surface area contributed by atoms with Crippen molar-refractivity contribution in [1.82, 2.24) is 4.90 Å². The normalized spacial score (nSPS) is 20.6. The van der Waals surface area contributed by atoms with Crippen molar-refractivity contribution in [3.63, 3.8) is 0 Å². The van der Waals surface area contributed by atoms with Gasteiger partial charge in [-0.1, -0.05) is 12.2 Å². The zero-order valence-electron chi connectivity index (χ0n) is 7.78. The van der Waals surface area contributed by atoms with E-state index in [2.05, 4.69) is 32.4 Å². The fourth-order valence-electron chi connectivity index (χ4n) is 1.45. The monoisotopic (exact) mass is 151 g/mol. The van der Waals surface area contributed by atoms with Crippen LogP contribution in [0.15, 0.2) is 23.3 Å². The van der Waals surface area contributed by atoms with Crippen LogP contribution in [0.3, 0.4) is 0 Å². The van der Waals surface area contributed by atoms with Gasteiger partial charge in [0, 0.05) is 13.1 Å². The number of likely N-dealkylation sites (N-methyl/N-ethyl adjacent to an activating group) is 1. The van der Waals surface area contributed by atoms with Gasteiger partial charge in [0.25, 0.3) is 0 Å². The Morgan fingerprint density at radius 1 is 1.45 bits per heavy atom. The fourth-order valence-corrected chi connectivity index (χ4v) is 1.45. The Bertz CT molecular complexity index is 197. The number of piperidine rings is 1. The van der Waals surface area contributed by atoms with Crippen LogP contribution < -0.4 is 0 Å². The van der Waals surface area contributed by atoms with Crippen LogP contribution in [0, 0.1) is 0 Å². The van der Waals surface area contributed by atoms with Gasteiger partial charge in [-0.15, -0.1) is 0 Å². The number of hydrogen-bond donors (Lipinski definition) is 0. The SMILES string of the molecule is C=C1CCN(C)CC1=C(C)C. The van der Waals surface area contributed by atoms with E-state index in [1.807, 2.05) is 0 Å². The lowest BCUT2D eigenvalue weighted by atomic mass is 9.96. The van der Waals surface area contributed by atoms with Gasteiger partial charge in [0.1, 0.15) is 0 Å². The van der Waals surface area contributed by atoms with Crippen LogP contribution in [-0.2, 0) is 0 Å². The van der Waals surface area contributed by atoms with E-state index in [4.69, 9.17) is 0 Å². The number of likely N-dealkylation sites (tertiary alicyclic amines) is 1. The van der Waals surface area contributed by atoms with Gasteiger partial charge in [-0.2, -0.15) is 0 Å². The highest BCUT2D eigenvalue weighted by Crippen LogP contribution is 2.21. The van der Waals surface area contributed by atoms with Crippen molar-refractivity contribution in [3.8, 4) is 0 Å². The van der Waals surface area contributed by atoms with Crippen molar-refractivity contribution < 1.29 is 0 Å². The fraction of sp³-hybridized carbons (Fsp3) is 0.600. The van der Waals surface area contributed by atoms with E-state index in [0.717, 1.165) is 19.5 Å². The van der Waals surface area contributed by atoms with E-state index in [-0.39, 0.29) is 0 Å². The van der Waals surface area contributed by atoms with Crippen LogP contribution in [0.4, 0.5) is 0 Å². The molecule has 0 spiro atoms. The van der Waals surface area contributed by atoms with Gasteiger partial charge >= 0.3 is 0 Å². The third-order valence-corrected chi connectivity index (χ3v) is 2.25. The summed E-state index contributed by atoms with van der Waals surface area (Å²) in [7, 11) is 2.16. The Balaban J connectivity index is 2.78. The van der Waals surface area contributed by atoms with Gasteiger partial charge < -0.3 is 4.90 Å². The summed E-state index contributed by atoms with van der Waals surface area (Å²) >= 11 is 0. The van der Waals surface area contributed by atoms with Gasteiger partial charge in [0.2, 0.25) is 0 Å². The Hall–Kier alpha value is -0.560. The molecular formula is C10H17N. The maximum Gasteiger partial charge on any atom is 0.0232 e. The molecule has 0 unspecified atom stereocenters. The second-order valence-electron chi connectivity index (χ2n) is 3.57. The predicted octanol–water partition coefficient (Wildman–Crippen LogP) is 2.21. The summed E-state index contributed by atoms with van der Waals surface area (Å²) in [6, 6.07) is 0. The van der Waals surface area contributed by atoms with E-state index in [0.29, 0.717) is 0 Å². The summed E-state index contributed by atoms with van der Waals surface area (Å²) in [6.07, 6.45) is 1.14. The maximum absolute atomic E-state index is 4.07. The molecule has 1 heteroatoms. The van der Waals surface area contributed by atoms with Crippen molar-refractivity contribution >= 4 is 0 Å². The number of allylic oxidation sites excluding steroid dienone is 1. The number of nitrogens with zero attached hydrogens (tertiary/aromatic N) is 1. The van der Waals surface area contributed by atoms with Crippen molar-refractivity contribution in [2.75, 3.05) is 20.1 Å². The average Bonchev–Trinajstić information content (AvgIpc) is 1.94. The quantitative estimate of drug-likeness (QED) is 0.513. The molecule has 0 saturated carbocycles. The Kier molecular flexibility index (Phi) is 2.50. The minimum Gasteiger partial charge on any atom is -0.302 e. The lowest BCUT2D eigenvalue weighted by molar-refractivity contribution is 0.347. The van der Waals surface area contributed by atoms with Crippen molar-refractivity contribution in [2.45, 2.75) is 20.3 Å². The second-order valence-corrected chi connectivity index (χ2v) is 3.57. The van der Waals surface area contributed by atoms with E-state index in [9.17, 15) is 0 Å². The number of rotatable bonds is 0. The molecule has 0 aliphatic carbocycles. The Morgan fingerprint density at radius 3 is 2.55 bits per heavy atom. The molecule has 1 aliphatic rings. The highest BCUT2D eigenvalue weighted by Gasteiger charge is 2.14. The topological polar surface area (TPSA) is 3.24 Å². The standard InChI is InChI=1S/C10H17N/c1-8(2)10-7-11(4)6-5-9(10)3/h3,5-7H2,1-2,4H3. The van der Waals surface area contributed by atoms with E-state index in [1.165, 1.54) is 16.7 Å². The molecule has 0 amide bonds. The number of hydrogen-bond acceptors (Lipinski definition) is 1. The van der Waals surface area contributed by atoms with Gasteiger partial charge in [-0.25, -0.2) is 0 Å². The van der Waals surface area contributed by atoms with Crippen molar-refractivity contribution in [3.05, 3.63) is 23.3 Å². The Labute approximate surface area is 69.4 Å². The van der Waals surface area contributed by atoms with Crippen LogP contribution in [0.5, 0.6) is 0 Å². The maximum atomic E-state index is 4.07. The highest BCUT2D eigenvalue weighted by atomic mass is 15.1. The molecule has 11 heavy (non-hydrogen) atoms. The van der Waals surface area contributed by atoms with Crippen molar-refractivity contribution in [1.29, 1.82) is 0 Å². The smallest absolute Gasteiger partial charge is 0.0232 e. The third kappa shape index (κ3) is 1.93. The summed E-state index contributed by atoms with van der Waals surface area (Å²) in [5, 5.41) is 0. The molecule has 0 N–H and O–H groups in total. The predicted molar refractivity (Wildman–Crippen MR) is 49.6 cm³/mol. The first kappa shape index (κ1) is 8.54. The summed E-state index contributed by atoms with van der Waals surface area (Å²) in [6.45, 7) is 10.6. The zero-order valence-corrected chi connectivity index (χ0v) is 7.78. The summed E-state index contributed by atoms with van der Waals surface area (Å²) in [4.78, 5) is 2.34. The second kappa shape index (κ2) is 3.22. The van der Waals surface area contributed by atoms with Crippen molar-refractivity contribution in [2.24, 2.45) is 0 Å². The van der Waals surface area contributed by atoms with Crippen LogP contribution in [0.1, 0.15) is 20.3 Å². The molecule has 0 aromatic rings. The van der Waals surface area contributed by atoms with E-state index < -0.39 is 0 Å². The summed E-state index contributed by atoms with van der Waals surface area (Å²) in [5.41, 5.74) is 4.21. The molecule has 0 aromatic heterocycles. The molecular weight excluding hydrogens is 134 g/mol. The lowest BCUT2D eigenvalue weighted by Crippen LogP contribution is -2.28. The molecule has 1 rings (SSSR count). The lowest BCUT2D eigenvalue weighted by Gasteiger charge is -2.27. The summed E-state index contributed by atoms with van der Waals surface area (Å²) in [5.74, 6) is 0. The molecule has 62 valence electrons. The molecule has 1 aliphatic heterocycles. The van der Waals surface area contributed by atoms with Crippen LogP contribution in [-0.4, -0.2) is 25.0 Å². The van der Waals surface area contributed by atoms with Gasteiger partial charge in [0.15, 0.2) is 0 Å². The Morgan fingerprint density at radius 2 is 2.09 bits per heavy atom. The molecule has 0 bridgehead atoms. The van der Waals surface area contributed by atoms with Gasteiger partial charge in [-0.3, -0.25) is 0 Å². The highest BCUT2D eigenvalue weighted by molar-refractivity contribution is 5.34. The summed E-state index contributed by atoms with van der Waals surface area (Å²) < 4.78 is 0. The van der Waals surface area contributed by atoms with Gasteiger partial charge in [-0.05, 0) is 38.5 Å². The van der Waals surface area contributed by atoms with E-state index in [1.54, 1.807) is 0 Å². The van der Waals surface area contributed by atoms with E-state index >= 15 is 0 Å². The van der Waals surface area contributed by atoms with Crippen LogP contribution in [0.2, 0.25) is 0 Å². The van der Waals surface area contributed by atoms with Crippen LogP contribution in [0.25, 0.3) is 0 Å². The molecule has 1 saturated heterocycles. The minimum absolute atomic E-state index is 1.08. The molecule has 1 heterocycles. The van der Waals surface area contributed by atoms with Gasteiger partial charge in [0.05, 0.1) is 0 Å². The minimum atomic E-state index is 1.08. The molecule has 0 radical (unpaired) electrons. The zero-order chi connectivity index (χ0) is 8.43. The average molecular weight is 151 g/mol. The largest absolute Gasteiger partial charge is 0.302 e. The first-order valence-corrected chi connectivity index (χ1v) is 4.14. The van der Waals surface area contributed by atoms with Crippen LogP contribution >= 0.6 is 0 Å². The molecule has 0 aromatic carbocycles. The first-order valence-electron chi connectivity index (χ1n) is 4.14. The molecule has 1 nitrogen and oxygen atoms in total. The third-order valence-electron chi connectivity index (χ3n) is 2.25. The first-order chi connectivity index (χ1) is 5.11. The molecule has 1 fully saturated rings.